The number of hydrogen-bond donors (Lipinski definition) is 2. The van der Waals surface area contributed by atoms with Crippen LogP contribution in [0.4, 0.5) is 0 Å². The summed E-state index contributed by atoms with van der Waals surface area (Å²) in [5.74, 6) is 1.86. The van der Waals surface area contributed by atoms with Crippen LogP contribution in [0.3, 0.4) is 0 Å². The molecule has 138 valence electrons. The molecule has 2 aromatic carbocycles. The van der Waals surface area contributed by atoms with E-state index < -0.39 is 5.92 Å². The van der Waals surface area contributed by atoms with E-state index >= 15 is 0 Å². The predicted octanol–water partition coefficient (Wildman–Crippen LogP) is 3.56. The van der Waals surface area contributed by atoms with Gasteiger partial charge in [0.1, 0.15) is 17.3 Å². The topological polar surface area (TPSA) is 71.9 Å². The standard InChI is InChI=1S/C20H20N4O2S/c1-2-24-17(22-23-20(24)27)11-12-21-19(25)18-13-7-3-5-9-15(13)26-16-10-6-4-8-14(16)18/h3-10,18H,2,11-12H2,1H3,(H,21,25)(H,23,27). The molecule has 6 nitrogen and oxygen atoms in total. The molecular weight excluding hydrogens is 360 g/mol. The summed E-state index contributed by atoms with van der Waals surface area (Å²) in [6.45, 7) is 3.25. The van der Waals surface area contributed by atoms with Gasteiger partial charge in [0.2, 0.25) is 5.91 Å². The summed E-state index contributed by atoms with van der Waals surface area (Å²) >= 11 is 5.21. The first-order valence-corrected chi connectivity index (χ1v) is 9.37. The second-order valence-corrected chi connectivity index (χ2v) is 6.73. The maximum absolute atomic E-state index is 13.1. The smallest absolute Gasteiger partial charge is 0.232 e. The Kier molecular flexibility index (Phi) is 4.77. The highest BCUT2D eigenvalue weighted by Crippen LogP contribution is 2.43. The zero-order chi connectivity index (χ0) is 18.8. The van der Waals surface area contributed by atoms with Crippen LogP contribution in [0, 0.1) is 4.77 Å². The molecule has 0 aliphatic carbocycles. The number of amides is 1. The van der Waals surface area contributed by atoms with Crippen LogP contribution in [-0.4, -0.2) is 27.2 Å². The Hall–Kier alpha value is -2.93. The maximum Gasteiger partial charge on any atom is 0.232 e. The average Bonchev–Trinajstić information content (AvgIpc) is 3.05. The van der Waals surface area contributed by atoms with Crippen LogP contribution in [0.5, 0.6) is 11.5 Å². The highest BCUT2D eigenvalue weighted by molar-refractivity contribution is 7.71. The maximum atomic E-state index is 13.1. The molecule has 0 saturated carbocycles. The molecule has 2 N–H and O–H groups in total. The normalized spacial score (nSPS) is 12.8. The highest BCUT2D eigenvalue weighted by Gasteiger charge is 2.32. The van der Waals surface area contributed by atoms with Crippen LogP contribution < -0.4 is 10.1 Å². The number of aromatic amines is 1. The lowest BCUT2D eigenvalue weighted by Gasteiger charge is -2.27. The largest absolute Gasteiger partial charge is 0.457 e. The monoisotopic (exact) mass is 380 g/mol. The molecule has 7 heteroatoms. The number of fused-ring (bicyclic) bond motifs is 2. The van der Waals surface area contributed by atoms with Crippen molar-refractivity contribution in [2.75, 3.05) is 6.54 Å². The van der Waals surface area contributed by atoms with E-state index in [0.29, 0.717) is 17.7 Å². The fourth-order valence-corrected chi connectivity index (χ4v) is 3.74. The SMILES string of the molecule is CCn1c(CCNC(=O)C2c3ccccc3Oc3ccccc32)n[nH]c1=S. The molecule has 0 atom stereocenters. The van der Waals surface area contributed by atoms with Crippen molar-refractivity contribution in [2.45, 2.75) is 25.8 Å². The van der Waals surface area contributed by atoms with Gasteiger partial charge in [-0.15, -0.1) is 0 Å². The van der Waals surface area contributed by atoms with E-state index in [4.69, 9.17) is 17.0 Å². The molecule has 0 bridgehead atoms. The molecule has 1 aliphatic heterocycles. The van der Waals surface area contributed by atoms with Crippen LogP contribution in [-0.2, 0) is 17.8 Å². The molecule has 0 saturated heterocycles. The van der Waals surface area contributed by atoms with Crippen LogP contribution in [0.25, 0.3) is 0 Å². The zero-order valence-electron chi connectivity index (χ0n) is 14.9. The van der Waals surface area contributed by atoms with Gasteiger partial charge in [-0.1, -0.05) is 36.4 Å². The van der Waals surface area contributed by atoms with E-state index in [1.54, 1.807) is 0 Å². The third kappa shape index (κ3) is 3.26. The first-order valence-electron chi connectivity index (χ1n) is 8.96. The van der Waals surface area contributed by atoms with Crippen molar-refractivity contribution in [3.63, 3.8) is 0 Å². The van der Waals surface area contributed by atoms with Crippen molar-refractivity contribution in [3.8, 4) is 11.5 Å². The number of hydrogen-bond acceptors (Lipinski definition) is 4. The van der Waals surface area contributed by atoms with Gasteiger partial charge in [-0.05, 0) is 31.3 Å². The quantitative estimate of drug-likeness (QED) is 0.664. The van der Waals surface area contributed by atoms with Gasteiger partial charge in [0, 0.05) is 30.6 Å². The van der Waals surface area contributed by atoms with Gasteiger partial charge >= 0.3 is 0 Å². The molecule has 0 spiro atoms. The molecule has 1 amide bonds. The molecule has 0 fully saturated rings. The van der Waals surface area contributed by atoms with Crippen LogP contribution in [0.2, 0.25) is 0 Å². The Morgan fingerprint density at radius 3 is 2.44 bits per heavy atom. The second-order valence-electron chi connectivity index (χ2n) is 6.34. The fourth-order valence-electron chi connectivity index (χ4n) is 3.46. The first kappa shape index (κ1) is 17.5. The number of para-hydroxylation sites is 2. The molecular formula is C20H20N4O2S. The molecule has 1 aromatic heterocycles. The van der Waals surface area contributed by atoms with Gasteiger partial charge in [0.05, 0.1) is 5.92 Å². The molecule has 3 aromatic rings. The van der Waals surface area contributed by atoms with Gasteiger partial charge in [0.15, 0.2) is 4.77 Å². The summed E-state index contributed by atoms with van der Waals surface area (Å²) in [4.78, 5) is 13.1. The van der Waals surface area contributed by atoms with Crippen molar-refractivity contribution in [2.24, 2.45) is 0 Å². The third-order valence-corrected chi connectivity index (χ3v) is 5.06. The van der Waals surface area contributed by atoms with E-state index in [-0.39, 0.29) is 5.91 Å². The van der Waals surface area contributed by atoms with Crippen LogP contribution >= 0.6 is 12.2 Å². The number of carbonyl (C=O) groups excluding carboxylic acids is 1. The number of nitrogens with one attached hydrogen (secondary N) is 2. The van der Waals surface area contributed by atoms with E-state index in [9.17, 15) is 4.79 Å². The summed E-state index contributed by atoms with van der Waals surface area (Å²) < 4.78 is 8.49. The third-order valence-electron chi connectivity index (χ3n) is 4.74. The Bertz CT molecular complexity index is 995. The highest BCUT2D eigenvalue weighted by atomic mass is 32.1. The Morgan fingerprint density at radius 2 is 1.81 bits per heavy atom. The predicted molar refractivity (Wildman–Crippen MR) is 105 cm³/mol. The van der Waals surface area contributed by atoms with Gasteiger partial charge < -0.3 is 14.6 Å². The van der Waals surface area contributed by atoms with Crippen LogP contribution in [0.15, 0.2) is 48.5 Å². The molecule has 1 aliphatic rings. The van der Waals surface area contributed by atoms with Crippen molar-refractivity contribution >= 4 is 18.1 Å². The summed E-state index contributed by atoms with van der Waals surface area (Å²) in [5, 5.41) is 10.1. The summed E-state index contributed by atoms with van der Waals surface area (Å²) in [5.41, 5.74) is 1.76. The number of carbonyl (C=O) groups is 1. The molecule has 0 unspecified atom stereocenters. The molecule has 2 heterocycles. The lowest BCUT2D eigenvalue weighted by atomic mass is 9.87. The van der Waals surface area contributed by atoms with Crippen LogP contribution in [0.1, 0.15) is 29.8 Å². The fraction of sp³-hybridized carbons (Fsp3) is 0.250. The number of aromatic nitrogens is 3. The van der Waals surface area contributed by atoms with Gasteiger partial charge in [-0.3, -0.25) is 9.89 Å². The number of H-pyrrole nitrogens is 1. The first-order chi connectivity index (χ1) is 13.2. The van der Waals surface area contributed by atoms with Gasteiger partial charge in [0.25, 0.3) is 0 Å². The van der Waals surface area contributed by atoms with E-state index in [0.717, 1.165) is 35.0 Å². The minimum absolute atomic E-state index is 0.0459. The number of ether oxygens (including phenoxy) is 1. The summed E-state index contributed by atoms with van der Waals surface area (Å²) in [7, 11) is 0. The lowest BCUT2D eigenvalue weighted by Crippen LogP contribution is -2.33. The van der Waals surface area contributed by atoms with Crippen molar-refractivity contribution in [3.05, 3.63) is 70.3 Å². The number of nitrogens with zero attached hydrogens (tertiary/aromatic N) is 2. The zero-order valence-corrected chi connectivity index (χ0v) is 15.8. The van der Waals surface area contributed by atoms with E-state index in [2.05, 4.69) is 15.5 Å². The van der Waals surface area contributed by atoms with Crippen molar-refractivity contribution < 1.29 is 9.53 Å². The summed E-state index contributed by atoms with van der Waals surface area (Å²) in [6, 6.07) is 15.3. The van der Waals surface area contributed by atoms with Gasteiger partial charge in [-0.25, -0.2) is 0 Å². The minimum atomic E-state index is -0.391. The van der Waals surface area contributed by atoms with E-state index in [1.165, 1.54) is 0 Å². The summed E-state index contributed by atoms with van der Waals surface area (Å²) in [6.07, 6.45) is 0.610. The van der Waals surface area contributed by atoms with Crippen molar-refractivity contribution in [1.82, 2.24) is 20.1 Å². The van der Waals surface area contributed by atoms with E-state index in [1.807, 2.05) is 60.0 Å². The lowest BCUT2D eigenvalue weighted by molar-refractivity contribution is -0.121. The number of benzene rings is 2. The second kappa shape index (κ2) is 7.36. The molecule has 27 heavy (non-hydrogen) atoms. The number of rotatable bonds is 5. The average molecular weight is 380 g/mol. The Labute approximate surface area is 162 Å². The molecule has 0 radical (unpaired) electrons. The Morgan fingerprint density at radius 1 is 1.19 bits per heavy atom. The van der Waals surface area contributed by atoms with Gasteiger partial charge in [-0.2, -0.15) is 5.10 Å². The van der Waals surface area contributed by atoms with Crippen molar-refractivity contribution in [1.29, 1.82) is 0 Å². The minimum Gasteiger partial charge on any atom is -0.457 e. The molecule has 4 rings (SSSR count). The Balaban J connectivity index is 1.54.